The molecule has 8 nitrogen and oxygen atoms in total. The summed E-state index contributed by atoms with van der Waals surface area (Å²) in [5.74, 6) is -0.302. The second kappa shape index (κ2) is 7.06. The highest BCUT2D eigenvalue weighted by Gasteiger charge is 2.29. The summed E-state index contributed by atoms with van der Waals surface area (Å²) in [6.45, 7) is 4.01. The van der Waals surface area contributed by atoms with Gasteiger partial charge in [-0.05, 0) is 23.4 Å². The molecule has 1 aromatic rings. The number of aliphatic imine (C=N–C) groups is 1. The Morgan fingerprint density at radius 3 is 2.68 bits per heavy atom. The molecule has 130 valence electrons. The molecule has 2 heterocycles. The average Bonchev–Trinajstić information content (AvgIpc) is 2.96. The molecule has 0 spiro atoms. The molecule has 0 saturated carbocycles. The van der Waals surface area contributed by atoms with E-state index in [1.165, 1.54) is 23.9 Å². The number of non-ortho nitro benzene ring substituents is 1. The smallest absolute Gasteiger partial charge is 0.286 e. The van der Waals surface area contributed by atoms with E-state index in [4.69, 9.17) is 0 Å². The standard InChI is InChI=1S/C16H16N4O4S/c1-11(21)18-5-7-19(8-6-18)16-17-15(22)14(25-16)10-12-3-2-4-13(9-12)20(23)24/h2-4,9-10H,5-8H2,1H3/b14-10-. The van der Waals surface area contributed by atoms with Crippen LogP contribution in [0.3, 0.4) is 0 Å². The summed E-state index contributed by atoms with van der Waals surface area (Å²) in [5.41, 5.74) is 0.564. The number of amidine groups is 1. The molecule has 1 aromatic carbocycles. The van der Waals surface area contributed by atoms with Gasteiger partial charge in [0.2, 0.25) is 5.91 Å². The lowest BCUT2D eigenvalue weighted by atomic mass is 10.2. The minimum atomic E-state index is -0.470. The first-order valence-corrected chi connectivity index (χ1v) is 8.53. The highest BCUT2D eigenvalue weighted by Crippen LogP contribution is 2.31. The maximum absolute atomic E-state index is 12.1. The van der Waals surface area contributed by atoms with E-state index in [0.717, 1.165) is 0 Å². The van der Waals surface area contributed by atoms with Crippen LogP contribution in [-0.4, -0.2) is 57.9 Å². The maximum atomic E-state index is 12.1. The van der Waals surface area contributed by atoms with Crippen LogP contribution in [0.1, 0.15) is 12.5 Å². The van der Waals surface area contributed by atoms with Gasteiger partial charge >= 0.3 is 0 Å². The Morgan fingerprint density at radius 1 is 1.32 bits per heavy atom. The van der Waals surface area contributed by atoms with E-state index >= 15 is 0 Å². The number of nitro benzene ring substituents is 1. The molecule has 1 fully saturated rings. The summed E-state index contributed by atoms with van der Waals surface area (Å²) < 4.78 is 0. The first-order valence-electron chi connectivity index (χ1n) is 7.71. The van der Waals surface area contributed by atoms with E-state index in [1.807, 2.05) is 4.90 Å². The maximum Gasteiger partial charge on any atom is 0.286 e. The minimum absolute atomic E-state index is 0.0220. The molecule has 0 unspecified atom stereocenters. The number of benzene rings is 1. The number of amides is 2. The number of rotatable bonds is 2. The summed E-state index contributed by atoms with van der Waals surface area (Å²) in [4.78, 5) is 42.1. The third-order valence-electron chi connectivity index (χ3n) is 3.98. The van der Waals surface area contributed by atoms with Crippen LogP contribution in [0.4, 0.5) is 5.69 Å². The molecule has 9 heteroatoms. The predicted molar refractivity (Wildman–Crippen MR) is 94.9 cm³/mol. The van der Waals surface area contributed by atoms with Crippen LogP contribution in [0.25, 0.3) is 6.08 Å². The van der Waals surface area contributed by atoms with Crippen LogP contribution in [0.2, 0.25) is 0 Å². The van der Waals surface area contributed by atoms with E-state index in [1.54, 1.807) is 30.0 Å². The van der Waals surface area contributed by atoms with Crippen molar-refractivity contribution >= 4 is 40.5 Å². The fraction of sp³-hybridized carbons (Fsp3) is 0.312. The number of carbonyl (C=O) groups excluding carboxylic acids is 2. The fourth-order valence-corrected chi connectivity index (χ4v) is 3.59. The number of hydrogen-bond acceptors (Lipinski definition) is 6. The van der Waals surface area contributed by atoms with Crippen molar-refractivity contribution in [1.29, 1.82) is 0 Å². The number of piperazine rings is 1. The normalized spacial score (nSPS) is 19.3. The fourth-order valence-electron chi connectivity index (χ4n) is 2.63. The number of hydrogen-bond donors (Lipinski definition) is 0. The highest BCUT2D eigenvalue weighted by molar-refractivity contribution is 8.18. The quantitative estimate of drug-likeness (QED) is 0.453. The van der Waals surface area contributed by atoms with Crippen molar-refractivity contribution in [2.45, 2.75) is 6.92 Å². The number of nitro groups is 1. The zero-order chi connectivity index (χ0) is 18.0. The third kappa shape index (κ3) is 3.87. The van der Waals surface area contributed by atoms with Crippen LogP contribution in [-0.2, 0) is 9.59 Å². The summed E-state index contributed by atoms with van der Waals surface area (Å²) in [5, 5.41) is 11.5. The van der Waals surface area contributed by atoms with Gasteiger partial charge in [-0.1, -0.05) is 12.1 Å². The van der Waals surface area contributed by atoms with Crippen molar-refractivity contribution in [2.75, 3.05) is 26.2 Å². The van der Waals surface area contributed by atoms with Gasteiger partial charge in [-0.3, -0.25) is 19.7 Å². The molecule has 2 aliphatic heterocycles. The van der Waals surface area contributed by atoms with Gasteiger partial charge in [-0.15, -0.1) is 0 Å². The molecule has 25 heavy (non-hydrogen) atoms. The average molecular weight is 360 g/mol. The van der Waals surface area contributed by atoms with Crippen molar-refractivity contribution in [3.8, 4) is 0 Å². The third-order valence-corrected chi connectivity index (χ3v) is 5.03. The summed E-state index contributed by atoms with van der Waals surface area (Å²) in [7, 11) is 0. The zero-order valence-electron chi connectivity index (χ0n) is 13.5. The van der Waals surface area contributed by atoms with Gasteiger partial charge in [0.1, 0.15) is 0 Å². The molecule has 0 bridgehead atoms. The number of carbonyl (C=O) groups is 2. The second-order valence-electron chi connectivity index (χ2n) is 5.66. The van der Waals surface area contributed by atoms with Gasteiger partial charge in [0.25, 0.3) is 11.6 Å². The van der Waals surface area contributed by atoms with Crippen molar-refractivity contribution in [3.63, 3.8) is 0 Å². The van der Waals surface area contributed by atoms with Gasteiger partial charge in [0, 0.05) is 45.2 Å². The molecule has 1 saturated heterocycles. The largest absolute Gasteiger partial charge is 0.347 e. The first kappa shape index (κ1) is 17.2. The monoisotopic (exact) mass is 360 g/mol. The Bertz CT molecular complexity index is 797. The van der Waals surface area contributed by atoms with Gasteiger partial charge in [0.05, 0.1) is 9.83 Å². The van der Waals surface area contributed by atoms with Gasteiger partial charge in [0.15, 0.2) is 5.17 Å². The van der Waals surface area contributed by atoms with Gasteiger partial charge in [-0.2, -0.15) is 4.99 Å². The lowest BCUT2D eigenvalue weighted by Crippen LogP contribution is -2.49. The highest BCUT2D eigenvalue weighted by atomic mass is 32.2. The van der Waals surface area contributed by atoms with Crippen molar-refractivity contribution < 1.29 is 14.5 Å². The molecule has 3 rings (SSSR count). The molecular formula is C16H16N4O4S. The summed E-state index contributed by atoms with van der Waals surface area (Å²) in [6.07, 6.45) is 1.61. The molecule has 0 aliphatic carbocycles. The van der Waals surface area contributed by atoms with E-state index in [9.17, 15) is 19.7 Å². The predicted octanol–water partition coefficient (Wildman–Crippen LogP) is 1.73. The zero-order valence-corrected chi connectivity index (χ0v) is 14.4. The van der Waals surface area contributed by atoms with Crippen molar-refractivity contribution in [3.05, 3.63) is 44.8 Å². The molecule has 0 radical (unpaired) electrons. The van der Waals surface area contributed by atoms with E-state index in [-0.39, 0.29) is 17.5 Å². The molecule has 0 N–H and O–H groups in total. The molecule has 2 aliphatic rings. The molecule has 2 amide bonds. The Hall–Kier alpha value is -2.68. The van der Waals surface area contributed by atoms with Gasteiger partial charge in [-0.25, -0.2) is 0 Å². The van der Waals surface area contributed by atoms with Crippen LogP contribution >= 0.6 is 11.8 Å². The van der Waals surface area contributed by atoms with Crippen LogP contribution in [0, 0.1) is 10.1 Å². The van der Waals surface area contributed by atoms with Gasteiger partial charge < -0.3 is 9.80 Å². The van der Waals surface area contributed by atoms with E-state index in [0.29, 0.717) is 41.8 Å². The van der Waals surface area contributed by atoms with Crippen molar-refractivity contribution in [2.24, 2.45) is 4.99 Å². The lowest BCUT2D eigenvalue weighted by molar-refractivity contribution is -0.384. The minimum Gasteiger partial charge on any atom is -0.347 e. The van der Waals surface area contributed by atoms with Crippen LogP contribution in [0.15, 0.2) is 34.2 Å². The molecule has 0 atom stereocenters. The number of thioether (sulfide) groups is 1. The molecular weight excluding hydrogens is 344 g/mol. The van der Waals surface area contributed by atoms with E-state index in [2.05, 4.69) is 4.99 Å². The Labute approximate surface area is 148 Å². The lowest BCUT2D eigenvalue weighted by Gasteiger charge is -2.34. The molecule has 0 aromatic heterocycles. The SMILES string of the molecule is CC(=O)N1CCN(C2=NC(=O)/C(=C/c3cccc([N+](=O)[O-])c3)S2)CC1. The second-order valence-corrected chi connectivity index (χ2v) is 6.66. The van der Waals surface area contributed by atoms with Crippen LogP contribution < -0.4 is 0 Å². The van der Waals surface area contributed by atoms with E-state index < -0.39 is 4.92 Å². The van der Waals surface area contributed by atoms with Crippen LogP contribution in [0.5, 0.6) is 0 Å². The Kier molecular flexibility index (Phi) is 4.84. The Morgan fingerprint density at radius 2 is 2.04 bits per heavy atom. The summed E-state index contributed by atoms with van der Waals surface area (Å²) in [6, 6.07) is 6.11. The Balaban J connectivity index is 1.70. The topological polar surface area (TPSA) is 96.1 Å². The summed E-state index contributed by atoms with van der Waals surface area (Å²) >= 11 is 1.26. The number of nitrogens with zero attached hydrogens (tertiary/aromatic N) is 4. The van der Waals surface area contributed by atoms with Crippen molar-refractivity contribution in [1.82, 2.24) is 9.80 Å². The first-order chi connectivity index (χ1) is 11.9.